The van der Waals surface area contributed by atoms with Crippen molar-refractivity contribution >= 4 is 50.4 Å². The molecule has 0 N–H and O–H groups in total. The third-order valence-electron chi connectivity index (χ3n) is 3.15. The average Bonchev–Trinajstić information content (AvgIpc) is 2.95. The number of halogens is 1. The third-order valence-corrected chi connectivity index (χ3v) is 5.57. The van der Waals surface area contributed by atoms with Gasteiger partial charge in [-0.05, 0) is 37.3 Å². The highest BCUT2D eigenvalue weighted by Crippen LogP contribution is 2.22. The molecule has 1 heterocycles. The molecule has 6 nitrogen and oxygen atoms in total. The van der Waals surface area contributed by atoms with Crippen molar-refractivity contribution < 1.29 is 22.7 Å². The van der Waals surface area contributed by atoms with Crippen molar-refractivity contribution in [1.82, 2.24) is 0 Å². The summed E-state index contributed by atoms with van der Waals surface area (Å²) in [6.45, 7) is 0.879. The zero-order valence-electron chi connectivity index (χ0n) is 13.6. The summed E-state index contributed by atoms with van der Waals surface area (Å²) in [5.74, 6) is -1.16. The molecule has 0 amide bonds. The number of benzene rings is 1. The molecule has 0 aliphatic heterocycles. The summed E-state index contributed by atoms with van der Waals surface area (Å²) < 4.78 is 29.7. The van der Waals surface area contributed by atoms with E-state index in [9.17, 15) is 18.0 Å². The van der Waals surface area contributed by atoms with E-state index < -0.39 is 29.1 Å². The predicted octanol–water partition coefficient (Wildman–Crippen LogP) is 2.90. The fourth-order valence-electron chi connectivity index (χ4n) is 2.00. The number of thiophene rings is 1. The number of carbonyl (C=O) groups excluding carboxylic acids is 2. The van der Waals surface area contributed by atoms with E-state index >= 15 is 0 Å². The smallest absolute Gasteiger partial charge is 0.327 e. The second-order valence-electron chi connectivity index (χ2n) is 5.24. The Morgan fingerprint density at radius 3 is 2.52 bits per heavy atom. The van der Waals surface area contributed by atoms with Crippen molar-refractivity contribution in [2.45, 2.75) is 6.92 Å². The van der Waals surface area contributed by atoms with Gasteiger partial charge in [-0.25, -0.2) is 8.42 Å². The summed E-state index contributed by atoms with van der Waals surface area (Å²) >= 11 is 7.17. The number of hydrogen-bond donors (Lipinski definition) is 0. The second-order valence-corrected chi connectivity index (χ2v) is 8.87. The molecule has 0 atom stereocenters. The molecule has 9 heteroatoms. The van der Waals surface area contributed by atoms with E-state index in [2.05, 4.69) is 0 Å². The third kappa shape index (κ3) is 5.55. The zero-order chi connectivity index (χ0) is 18.6. The van der Waals surface area contributed by atoms with Crippen molar-refractivity contribution in [1.29, 1.82) is 0 Å². The lowest BCUT2D eigenvalue weighted by Crippen LogP contribution is -2.36. The van der Waals surface area contributed by atoms with Gasteiger partial charge in [-0.1, -0.05) is 17.7 Å². The van der Waals surface area contributed by atoms with Gasteiger partial charge in [-0.2, -0.15) is 0 Å². The quantitative estimate of drug-likeness (QED) is 0.526. The number of carbonyl (C=O) groups is 2. The Balaban J connectivity index is 2.04. The van der Waals surface area contributed by atoms with Crippen LogP contribution in [0, 0.1) is 6.92 Å². The first-order valence-electron chi connectivity index (χ1n) is 7.15. The lowest BCUT2D eigenvalue weighted by atomic mass is 10.3. The van der Waals surface area contributed by atoms with Gasteiger partial charge < -0.3 is 4.74 Å². The monoisotopic (exact) mass is 401 g/mol. The van der Waals surface area contributed by atoms with Gasteiger partial charge in [0.2, 0.25) is 15.8 Å². The molecule has 0 bridgehead atoms. The highest BCUT2D eigenvalue weighted by atomic mass is 35.5. The van der Waals surface area contributed by atoms with Gasteiger partial charge in [-0.3, -0.25) is 13.9 Å². The number of ether oxygens (including phenoxy) is 1. The van der Waals surface area contributed by atoms with Gasteiger partial charge in [0.15, 0.2) is 6.61 Å². The number of sulfonamides is 1. The number of anilines is 1. The largest absolute Gasteiger partial charge is 0.456 e. The Kier molecular flexibility index (Phi) is 6.21. The molecule has 1 aromatic carbocycles. The lowest BCUT2D eigenvalue weighted by molar-refractivity contribution is -0.140. The molecule has 0 aliphatic carbocycles. The first kappa shape index (κ1) is 19.4. The fourth-order valence-corrected chi connectivity index (χ4v) is 3.81. The van der Waals surface area contributed by atoms with Gasteiger partial charge in [-0.15, -0.1) is 11.3 Å². The van der Waals surface area contributed by atoms with Gasteiger partial charge in [0, 0.05) is 9.90 Å². The number of hydrogen-bond acceptors (Lipinski definition) is 6. The Bertz CT molecular complexity index is 891. The lowest BCUT2D eigenvalue weighted by Gasteiger charge is -2.21. The summed E-state index contributed by atoms with van der Waals surface area (Å²) in [5, 5.41) is 0.336. The highest BCUT2D eigenvalue weighted by Gasteiger charge is 2.22. The second kappa shape index (κ2) is 7.99. The molecule has 2 rings (SSSR count). The van der Waals surface area contributed by atoms with Crippen LogP contribution >= 0.6 is 22.9 Å². The molecular formula is C16H16ClNO5S2. The van der Waals surface area contributed by atoms with Gasteiger partial charge in [0.05, 0.1) is 16.8 Å². The normalized spacial score (nSPS) is 11.2. The van der Waals surface area contributed by atoms with E-state index in [0.29, 0.717) is 9.90 Å². The maximum Gasteiger partial charge on any atom is 0.327 e. The van der Waals surface area contributed by atoms with Crippen molar-refractivity contribution in [2.24, 2.45) is 0 Å². The molecule has 0 aliphatic rings. The maximum atomic E-state index is 12.0. The number of aryl methyl sites for hydroxylation is 1. The van der Waals surface area contributed by atoms with Crippen LogP contribution in [0.15, 0.2) is 36.4 Å². The van der Waals surface area contributed by atoms with E-state index in [1.165, 1.54) is 23.5 Å². The average molecular weight is 402 g/mol. The van der Waals surface area contributed by atoms with Crippen LogP contribution in [0.4, 0.5) is 5.69 Å². The Morgan fingerprint density at radius 1 is 1.24 bits per heavy atom. The van der Waals surface area contributed by atoms with Crippen molar-refractivity contribution in [3.8, 4) is 0 Å². The predicted molar refractivity (Wildman–Crippen MR) is 98.0 cm³/mol. The standard InChI is InChI=1S/C16H16ClNO5S2/c1-11-6-7-15(24-11)14(19)10-23-16(20)9-18(25(2,21)22)13-5-3-4-12(17)8-13/h3-8H,9-10H2,1-2H3. The zero-order valence-corrected chi connectivity index (χ0v) is 16.0. The Hall–Kier alpha value is -1.90. The molecule has 0 fully saturated rings. The summed E-state index contributed by atoms with van der Waals surface area (Å²) in [4.78, 5) is 25.4. The van der Waals surface area contributed by atoms with Crippen LogP contribution in [0.25, 0.3) is 0 Å². The number of rotatable bonds is 7. The molecule has 2 aromatic rings. The van der Waals surface area contributed by atoms with Gasteiger partial charge >= 0.3 is 5.97 Å². The Labute approximate surface area is 155 Å². The van der Waals surface area contributed by atoms with E-state index in [1.54, 1.807) is 24.3 Å². The van der Waals surface area contributed by atoms with Crippen LogP contribution in [-0.2, 0) is 19.6 Å². The number of nitrogens with zero attached hydrogens (tertiary/aromatic N) is 1. The van der Waals surface area contributed by atoms with Crippen molar-refractivity contribution in [2.75, 3.05) is 23.7 Å². The molecule has 0 radical (unpaired) electrons. The molecule has 1 aromatic heterocycles. The minimum atomic E-state index is -3.73. The van der Waals surface area contributed by atoms with E-state index in [1.807, 2.05) is 6.92 Å². The van der Waals surface area contributed by atoms with E-state index in [-0.39, 0.29) is 11.5 Å². The highest BCUT2D eigenvalue weighted by molar-refractivity contribution is 7.92. The van der Waals surface area contributed by atoms with Crippen LogP contribution in [0.5, 0.6) is 0 Å². The Morgan fingerprint density at radius 2 is 1.96 bits per heavy atom. The molecular weight excluding hydrogens is 386 g/mol. The van der Waals surface area contributed by atoms with Crippen molar-refractivity contribution in [3.63, 3.8) is 0 Å². The molecule has 0 spiro atoms. The molecule has 0 unspecified atom stereocenters. The van der Waals surface area contributed by atoms with Crippen LogP contribution in [0.2, 0.25) is 5.02 Å². The first-order valence-corrected chi connectivity index (χ1v) is 10.2. The minimum Gasteiger partial charge on any atom is -0.456 e. The van der Waals surface area contributed by atoms with Gasteiger partial charge in [0.25, 0.3) is 0 Å². The van der Waals surface area contributed by atoms with Crippen LogP contribution < -0.4 is 4.31 Å². The summed E-state index contributed by atoms with van der Waals surface area (Å²) in [6, 6.07) is 9.56. The summed E-state index contributed by atoms with van der Waals surface area (Å²) in [7, 11) is -3.73. The van der Waals surface area contributed by atoms with E-state index in [0.717, 1.165) is 15.4 Å². The van der Waals surface area contributed by atoms with Crippen molar-refractivity contribution in [3.05, 3.63) is 51.2 Å². The topological polar surface area (TPSA) is 80.8 Å². The fraction of sp³-hybridized carbons (Fsp3) is 0.250. The number of Topliss-reactive ketones (excluding diaryl/α,β-unsaturated/α-hetero) is 1. The molecule has 25 heavy (non-hydrogen) atoms. The number of esters is 1. The first-order chi connectivity index (χ1) is 11.7. The molecule has 0 saturated heterocycles. The minimum absolute atomic E-state index is 0.243. The van der Waals surface area contributed by atoms with Gasteiger partial charge in [0.1, 0.15) is 6.54 Å². The maximum absolute atomic E-state index is 12.0. The van der Waals surface area contributed by atoms with E-state index in [4.69, 9.17) is 16.3 Å². The number of ketones is 1. The van der Waals surface area contributed by atoms with Crippen LogP contribution in [0.1, 0.15) is 14.5 Å². The molecule has 134 valence electrons. The van der Waals surface area contributed by atoms with Crippen LogP contribution in [-0.4, -0.2) is 39.6 Å². The SMILES string of the molecule is Cc1ccc(C(=O)COC(=O)CN(c2cccc(Cl)c2)S(C)(=O)=O)s1. The van der Waals surface area contributed by atoms with Crippen LogP contribution in [0.3, 0.4) is 0 Å². The summed E-state index contributed by atoms with van der Waals surface area (Å²) in [5.41, 5.74) is 0.243. The molecule has 0 saturated carbocycles. The summed E-state index contributed by atoms with van der Waals surface area (Å²) in [6.07, 6.45) is 0.973.